The van der Waals surface area contributed by atoms with Gasteiger partial charge in [-0.3, -0.25) is 4.79 Å². The molecule has 4 aromatic carbocycles. The monoisotopic (exact) mass is 812 g/mol. The summed E-state index contributed by atoms with van der Waals surface area (Å²) in [4.78, 5) is 77.7. The van der Waals surface area contributed by atoms with Gasteiger partial charge >= 0.3 is 35.8 Å². The average Bonchev–Trinajstić information content (AvgIpc) is 3.87. The van der Waals surface area contributed by atoms with Gasteiger partial charge in [0, 0.05) is 0 Å². The van der Waals surface area contributed by atoms with Crippen LogP contribution >= 0.6 is 0 Å². The summed E-state index contributed by atoms with van der Waals surface area (Å²) >= 11 is 0. The Morgan fingerprint density at radius 1 is 0.600 bits per heavy atom. The van der Waals surface area contributed by atoms with Crippen molar-refractivity contribution >= 4 is 48.0 Å². The number of hydrogen-bond acceptors (Lipinski definition) is 15. The molecule has 2 heterocycles. The van der Waals surface area contributed by atoms with E-state index in [1.54, 1.807) is 0 Å². The molecular weight excluding hydrogens is 780 g/mol. The van der Waals surface area contributed by atoms with Crippen LogP contribution in [0.3, 0.4) is 0 Å². The number of carbonyl (C=O) groups is 6. The molecular formula is C44H32N2O14. The van der Waals surface area contributed by atoms with Crippen molar-refractivity contribution in [3.05, 3.63) is 153 Å². The lowest BCUT2D eigenvalue weighted by Crippen LogP contribution is -2.36. The first kappa shape index (κ1) is 41.7. The first-order valence-electron chi connectivity index (χ1n) is 17.9. The van der Waals surface area contributed by atoms with Crippen molar-refractivity contribution < 1.29 is 66.7 Å². The highest BCUT2D eigenvalue weighted by Crippen LogP contribution is 2.32. The fourth-order valence-corrected chi connectivity index (χ4v) is 5.94. The van der Waals surface area contributed by atoms with E-state index in [0.717, 1.165) is 0 Å². The van der Waals surface area contributed by atoms with Gasteiger partial charge < -0.3 is 37.9 Å². The minimum atomic E-state index is -0.949. The Hall–Kier alpha value is -7.92. The van der Waals surface area contributed by atoms with Gasteiger partial charge in [-0.1, -0.05) is 24.3 Å². The molecule has 0 aromatic heterocycles. The SMILES string of the molecule is [C-]#[N+]/C(=C\c1ccc(OC(=O)c2ccc(C(=O)OC)cc2)cc1)C(=O)O[C@@H]1CO[C@H]2[C@@H]1OC[C@@H]2OC(=O)/C(C#N)=C/c1ccc(OC(=O)c2ccc(C(=O)OC)cc2)cc1. The van der Waals surface area contributed by atoms with Crippen LogP contribution in [0.15, 0.2) is 108 Å². The molecule has 2 aliphatic rings. The van der Waals surface area contributed by atoms with E-state index in [0.29, 0.717) is 11.1 Å². The number of nitrogens with zero attached hydrogens (tertiary/aromatic N) is 2. The summed E-state index contributed by atoms with van der Waals surface area (Å²) in [5.74, 6) is -3.94. The summed E-state index contributed by atoms with van der Waals surface area (Å²) in [5.41, 5.74) is 1.13. The van der Waals surface area contributed by atoms with Crippen LogP contribution in [0.1, 0.15) is 52.6 Å². The molecule has 0 radical (unpaired) electrons. The van der Waals surface area contributed by atoms with Crippen molar-refractivity contribution in [1.82, 2.24) is 0 Å². The number of methoxy groups -OCH3 is 2. The standard InChI is InChI=1S/C44H32N2O14/c1-46-34(21-26-6-18-33(19-7-26)58-42(50)30-14-10-28(11-15-30)40(48)54-3)44(52)60-36-24-56-37-35(23-55-38(36)37)59-43(51)31(22-45)20-25-4-16-32(17-5-25)57-41(49)29-12-8-27(9-13-29)39(47)53-2/h4-21,35-38H,23-24H2,2-3H3/b31-20+,34-21-/t35-,36+,37+,38+/m0/s1. The van der Waals surface area contributed by atoms with Crippen LogP contribution in [-0.2, 0) is 38.0 Å². The minimum absolute atomic E-state index is 0.109. The largest absolute Gasteiger partial charge is 0.465 e. The normalized spacial score (nSPS) is 18.1. The van der Waals surface area contributed by atoms with E-state index in [2.05, 4.69) is 14.3 Å². The lowest BCUT2D eigenvalue weighted by molar-refractivity contribution is -0.150. The van der Waals surface area contributed by atoms with Gasteiger partial charge in [0.1, 0.15) is 35.3 Å². The Balaban J connectivity index is 0.994. The van der Waals surface area contributed by atoms with E-state index < -0.39 is 60.2 Å². The van der Waals surface area contributed by atoms with Crippen LogP contribution < -0.4 is 9.47 Å². The van der Waals surface area contributed by atoms with Gasteiger partial charge in [0.05, 0.1) is 56.3 Å². The Morgan fingerprint density at radius 3 is 1.37 bits per heavy atom. The van der Waals surface area contributed by atoms with Gasteiger partial charge in [0.15, 0.2) is 12.2 Å². The van der Waals surface area contributed by atoms with E-state index in [9.17, 15) is 34.0 Å². The molecule has 0 aliphatic carbocycles. The first-order valence-corrected chi connectivity index (χ1v) is 17.9. The fourth-order valence-electron chi connectivity index (χ4n) is 5.94. The molecule has 302 valence electrons. The number of nitriles is 1. The average molecular weight is 813 g/mol. The van der Waals surface area contributed by atoms with Gasteiger partial charge in [0.2, 0.25) is 0 Å². The van der Waals surface area contributed by atoms with Gasteiger partial charge in [-0.15, -0.1) is 0 Å². The predicted octanol–water partition coefficient (Wildman–Crippen LogP) is 5.19. The number of benzene rings is 4. The quantitative estimate of drug-likeness (QED) is 0.0451. The van der Waals surface area contributed by atoms with Crippen LogP contribution in [0.5, 0.6) is 11.5 Å². The summed E-state index contributed by atoms with van der Waals surface area (Å²) in [6.45, 7) is 7.34. The highest BCUT2D eigenvalue weighted by Gasteiger charge is 2.51. The Morgan fingerprint density at radius 2 is 0.983 bits per heavy atom. The van der Waals surface area contributed by atoms with E-state index in [1.165, 1.54) is 123 Å². The topological polar surface area (TPSA) is 204 Å². The summed E-state index contributed by atoms with van der Waals surface area (Å²) in [7, 11) is 2.50. The smallest absolute Gasteiger partial charge is 0.349 e. The van der Waals surface area contributed by atoms with Gasteiger partial charge in [-0.2, -0.15) is 5.26 Å². The Labute approximate surface area is 341 Å². The van der Waals surface area contributed by atoms with Crippen molar-refractivity contribution in [2.75, 3.05) is 27.4 Å². The Bertz CT molecular complexity index is 2270. The molecule has 16 nitrogen and oxygen atoms in total. The third kappa shape index (κ3) is 9.96. The molecule has 0 saturated carbocycles. The second kappa shape index (κ2) is 19.0. The molecule has 0 unspecified atom stereocenters. The van der Waals surface area contributed by atoms with E-state index >= 15 is 0 Å². The second-order valence-electron chi connectivity index (χ2n) is 12.8. The molecule has 4 aromatic rings. The van der Waals surface area contributed by atoms with Crippen LogP contribution in [-0.4, -0.2) is 87.7 Å². The lowest BCUT2D eigenvalue weighted by Gasteiger charge is -2.17. The predicted molar refractivity (Wildman–Crippen MR) is 206 cm³/mol. The number of hydrogen-bond donors (Lipinski definition) is 0. The Kier molecular flexibility index (Phi) is 13.2. The van der Waals surface area contributed by atoms with E-state index in [1.807, 2.05) is 6.07 Å². The summed E-state index contributed by atoms with van der Waals surface area (Å²) in [6.07, 6.45) is -0.921. The third-order valence-electron chi connectivity index (χ3n) is 9.03. The van der Waals surface area contributed by atoms with Crippen LogP contribution in [0, 0.1) is 17.9 Å². The van der Waals surface area contributed by atoms with Crippen molar-refractivity contribution in [3.8, 4) is 17.6 Å². The lowest BCUT2D eigenvalue weighted by atomic mass is 10.1. The van der Waals surface area contributed by atoms with Crippen LogP contribution in [0.2, 0.25) is 0 Å². The zero-order valence-corrected chi connectivity index (χ0v) is 31.7. The van der Waals surface area contributed by atoms with Crippen LogP contribution in [0.4, 0.5) is 0 Å². The first-order chi connectivity index (χ1) is 29.0. The molecule has 0 amide bonds. The number of esters is 6. The molecule has 16 heteroatoms. The fraction of sp³-hybridized carbons (Fsp3) is 0.182. The highest BCUT2D eigenvalue weighted by molar-refractivity contribution is 5.98. The molecule has 6 rings (SSSR count). The van der Waals surface area contributed by atoms with Crippen molar-refractivity contribution in [2.45, 2.75) is 24.4 Å². The molecule has 60 heavy (non-hydrogen) atoms. The van der Waals surface area contributed by atoms with Crippen molar-refractivity contribution in [2.24, 2.45) is 0 Å². The van der Waals surface area contributed by atoms with Crippen molar-refractivity contribution in [3.63, 3.8) is 0 Å². The van der Waals surface area contributed by atoms with Crippen LogP contribution in [0.25, 0.3) is 17.0 Å². The third-order valence-corrected chi connectivity index (χ3v) is 9.03. The molecule has 2 aliphatic heterocycles. The van der Waals surface area contributed by atoms with E-state index in [-0.39, 0.29) is 58.2 Å². The van der Waals surface area contributed by atoms with E-state index in [4.69, 9.17) is 35.0 Å². The number of fused-ring (bicyclic) bond motifs is 1. The maximum absolute atomic E-state index is 13.0. The van der Waals surface area contributed by atoms with Gasteiger partial charge in [-0.05, 0) is 96.1 Å². The molecule has 0 bridgehead atoms. The number of ether oxygens (including phenoxy) is 8. The molecule has 0 N–H and O–H groups in total. The molecule has 0 spiro atoms. The molecule has 2 fully saturated rings. The summed E-state index contributed by atoms with van der Waals surface area (Å²) in [5, 5.41) is 9.73. The molecule has 4 atom stereocenters. The number of carbonyl (C=O) groups excluding carboxylic acids is 6. The minimum Gasteiger partial charge on any atom is -0.465 e. The summed E-state index contributed by atoms with van der Waals surface area (Å²) in [6, 6.07) is 25.3. The maximum atomic E-state index is 13.0. The van der Waals surface area contributed by atoms with Gasteiger partial charge in [0.25, 0.3) is 5.70 Å². The second-order valence-corrected chi connectivity index (χ2v) is 12.8. The van der Waals surface area contributed by atoms with Gasteiger partial charge in [-0.25, -0.2) is 28.8 Å². The zero-order valence-electron chi connectivity index (χ0n) is 31.7. The summed E-state index contributed by atoms with van der Waals surface area (Å²) < 4.78 is 42.7. The highest BCUT2D eigenvalue weighted by atomic mass is 16.7. The van der Waals surface area contributed by atoms with Crippen molar-refractivity contribution in [1.29, 1.82) is 5.26 Å². The number of rotatable bonds is 12. The molecule has 2 saturated heterocycles. The zero-order chi connectivity index (χ0) is 42.8. The maximum Gasteiger partial charge on any atom is 0.349 e.